The first-order chi connectivity index (χ1) is 9.56. The number of carbonyl (C=O) groups is 2. The minimum atomic E-state index is -0.934. The van der Waals surface area contributed by atoms with E-state index >= 15 is 0 Å². The Labute approximate surface area is 116 Å². The summed E-state index contributed by atoms with van der Waals surface area (Å²) in [6.45, 7) is 3.54. The molecular formula is C13H17N3O4. The van der Waals surface area contributed by atoms with Gasteiger partial charge in [0.05, 0.1) is 43.3 Å². The highest BCUT2D eigenvalue weighted by Crippen LogP contribution is 2.11. The molecule has 1 unspecified atom stereocenters. The van der Waals surface area contributed by atoms with Gasteiger partial charge >= 0.3 is 12.0 Å². The van der Waals surface area contributed by atoms with Gasteiger partial charge in [-0.2, -0.15) is 0 Å². The second-order valence-corrected chi connectivity index (χ2v) is 4.66. The Hall–Kier alpha value is -2.15. The molecule has 0 aliphatic carbocycles. The van der Waals surface area contributed by atoms with Crippen molar-refractivity contribution in [1.82, 2.24) is 9.88 Å². The minimum Gasteiger partial charge on any atom is -0.481 e. The average Bonchev–Trinajstić information content (AvgIpc) is 2.41. The lowest BCUT2D eigenvalue weighted by Gasteiger charge is -2.33. The zero-order valence-electron chi connectivity index (χ0n) is 11.2. The number of nitrogens with one attached hydrogen (secondary N) is 1. The molecule has 1 fully saturated rings. The van der Waals surface area contributed by atoms with Gasteiger partial charge in [-0.3, -0.25) is 9.78 Å². The molecule has 0 aromatic carbocycles. The number of pyridine rings is 1. The summed E-state index contributed by atoms with van der Waals surface area (Å²) in [5.41, 5.74) is 0.998. The Morgan fingerprint density at radius 1 is 1.55 bits per heavy atom. The topological polar surface area (TPSA) is 91.8 Å². The van der Waals surface area contributed by atoms with Gasteiger partial charge in [0.15, 0.2) is 0 Å². The second-order valence-electron chi connectivity index (χ2n) is 4.66. The molecule has 2 rings (SSSR count). The first-order valence-electron chi connectivity index (χ1n) is 6.38. The number of urea groups is 1. The van der Waals surface area contributed by atoms with Crippen molar-refractivity contribution in [3.8, 4) is 0 Å². The normalized spacial score (nSPS) is 18.6. The van der Waals surface area contributed by atoms with E-state index in [4.69, 9.17) is 9.84 Å². The maximum Gasteiger partial charge on any atom is 0.322 e. The molecule has 7 nitrogen and oxygen atoms in total. The number of anilines is 1. The monoisotopic (exact) mass is 279 g/mol. The number of aromatic nitrogens is 1. The summed E-state index contributed by atoms with van der Waals surface area (Å²) >= 11 is 0. The van der Waals surface area contributed by atoms with E-state index < -0.39 is 5.97 Å². The van der Waals surface area contributed by atoms with E-state index in [1.165, 1.54) is 6.20 Å². The zero-order chi connectivity index (χ0) is 14.5. The van der Waals surface area contributed by atoms with Gasteiger partial charge in [-0.1, -0.05) is 0 Å². The summed E-state index contributed by atoms with van der Waals surface area (Å²) in [6.07, 6.45) is 1.33. The van der Waals surface area contributed by atoms with Crippen LogP contribution < -0.4 is 5.32 Å². The number of amides is 2. The smallest absolute Gasteiger partial charge is 0.322 e. The molecule has 1 atom stereocenters. The van der Waals surface area contributed by atoms with Crippen LogP contribution in [-0.4, -0.2) is 52.8 Å². The van der Waals surface area contributed by atoms with Gasteiger partial charge in [0.25, 0.3) is 0 Å². The number of hydrogen-bond donors (Lipinski definition) is 2. The van der Waals surface area contributed by atoms with Crippen molar-refractivity contribution < 1.29 is 19.4 Å². The number of nitrogens with zero attached hydrogens (tertiary/aromatic N) is 2. The Morgan fingerprint density at radius 3 is 2.95 bits per heavy atom. The number of aliphatic carboxylic acids is 1. The third-order valence-electron chi connectivity index (χ3n) is 3.04. The third kappa shape index (κ3) is 3.67. The fraction of sp³-hybridized carbons (Fsp3) is 0.462. The molecule has 1 aliphatic rings. The molecule has 1 aromatic rings. The van der Waals surface area contributed by atoms with E-state index in [2.05, 4.69) is 10.3 Å². The fourth-order valence-corrected chi connectivity index (χ4v) is 1.98. The molecule has 108 valence electrons. The predicted molar refractivity (Wildman–Crippen MR) is 71.6 cm³/mol. The first kappa shape index (κ1) is 14.3. The van der Waals surface area contributed by atoms with Crippen LogP contribution in [-0.2, 0) is 16.0 Å². The Kier molecular flexibility index (Phi) is 4.52. The van der Waals surface area contributed by atoms with Crippen LogP contribution in [0.5, 0.6) is 0 Å². The first-order valence-corrected chi connectivity index (χ1v) is 6.38. The van der Waals surface area contributed by atoms with Crippen LogP contribution in [0.1, 0.15) is 12.6 Å². The van der Waals surface area contributed by atoms with Crippen molar-refractivity contribution >= 4 is 17.7 Å². The van der Waals surface area contributed by atoms with Gasteiger partial charge < -0.3 is 20.1 Å². The van der Waals surface area contributed by atoms with Crippen molar-refractivity contribution in [3.05, 3.63) is 24.0 Å². The molecular weight excluding hydrogens is 262 g/mol. The standard InChI is InChI=1S/C13H17N3O4/c1-9-8-20-5-4-16(9)13(19)15-11-3-2-10(14-7-11)6-12(17)18/h2-3,7,9H,4-6,8H2,1H3,(H,15,19)(H,17,18). The van der Waals surface area contributed by atoms with Crippen LogP contribution in [0.15, 0.2) is 18.3 Å². The van der Waals surface area contributed by atoms with Crippen molar-refractivity contribution in [3.63, 3.8) is 0 Å². The number of carboxylic acids is 1. The minimum absolute atomic E-state index is 0.0305. The van der Waals surface area contributed by atoms with E-state index in [1.807, 2.05) is 6.92 Å². The van der Waals surface area contributed by atoms with Crippen molar-refractivity contribution in [2.24, 2.45) is 0 Å². The van der Waals surface area contributed by atoms with Crippen molar-refractivity contribution in [2.45, 2.75) is 19.4 Å². The lowest BCUT2D eigenvalue weighted by Crippen LogP contribution is -2.48. The van der Waals surface area contributed by atoms with Gasteiger partial charge in [-0.05, 0) is 19.1 Å². The van der Waals surface area contributed by atoms with E-state index in [-0.39, 0.29) is 18.5 Å². The lowest BCUT2D eigenvalue weighted by molar-refractivity contribution is -0.136. The van der Waals surface area contributed by atoms with Gasteiger partial charge in [-0.25, -0.2) is 4.79 Å². The summed E-state index contributed by atoms with van der Waals surface area (Å²) in [5, 5.41) is 11.4. The van der Waals surface area contributed by atoms with Crippen LogP contribution in [0.3, 0.4) is 0 Å². The summed E-state index contributed by atoms with van der Waals surface area (Å²) in [4.78, 5) is 28.3. The molecule has 20 heavy (non-hydrogen) atoms. The largest absolute Gasteiger partial charge is 0.481 e. The molecule has 2 amide bonds. The quantitative estimate of drug-likeness (QED) is 0.860. The van der Waals surface area contributed by atoms with Crippen molar-refractivity contribution in [2.75, 3.05) is 25.1 Å². The highest BCUT2D eigenvalue weighted by atomic mass is 16.5. The lowest BCUT2D eigenvalue weighted by atomic mass is 10.2. The number of ether oxygens (including phenoxy) is 1. The van der Waals surface area contributed by atoms with E-state index in [0.717, 1.165) is 0 Å². The number of rotatable bonds is 3. The molecule has 1 saturated heterocycles. The van der Waals surface area contributed by atoms with Crippen LogP contribution in [0.25, 0.3) is 0 Å². The van der Waals surface area contributed by atoms with Crippen LogP contribution in [0, 0.1) is 0 Å². The van der Waals surface area contributed by atoms with Crippen LogP contribution in [0.4, 0.5) is 10.5 Å². The summed E-state index contributed by atoms with van der Waals surface area (Å²) in [6, 6.07) is 3.07. The molecule has 2 N–H and O–H groups in total. The summed E-state index contributed by atoms with van der Waals surface area (Å²) in [5.74, 6) is -0.934. The van der Waals surface area contributed by atoms with E-state index in [9.17, 15) is 9.59 Å². The van der Waals surface area contributed by atoms with E-state index in [0.29, 0.717) is 31.1 Å². The Bertz CT molecular complexity index is 489. The molecule has 0 saturated carbocycles. The SMILES string of the molecule is CC1COCCN1C(=O)Nc1ccc(CC(=O)O)nc1. The maximum absolute atomic E-state index is 12.1. The van der Waals surface area contributed by atoms with E-state index in [1.54, 1.807) is 17.0 Å². The number of hydrogen-bond acceptors (Lipinski definition) is 4. The third-order valence-corrected chi connectivity index (χ3v) is 3.04. The van der Waals surface area contributed by atoms with Gasteiger partial charge in [0, 0.05) is 6.54 Å². The molecule has 0 spiro atoms. The Morgan fingerprint density at radius 2 is 2.35 bits per heavy atom. The zero-order valence-corrected chi connectivity index (χ0v) is 11.2. The second kappa shape index (κ2) is 6.33. The molecule has 1 aromatic heterocycles. The molecule has 7 heteroatoms. The number of carbonyl (C=O) groups excluding carboxylic acids is 1. The fourth-order valence-electron chi connectivity index (χ4n) is 1.98. The predicted octanol–water partition coefficient (Wildman–Crippen LogP) is 0.961. The maximum atomic E-state index is 12.1. The van der Waals surface area contributed by atoms with Gasteiger partial charge in [-0.15, -0.1) is 0 Å². The van der Waals surface area contributed by atoms with Crippen molar-refractivity contribution in [1.29, 1.82) is 0 Å². The highest BCUT2D eigenvalue weighted by molar-refractivity contribution is 5.89. The molecule has 1 aliphatic heterocycles. The average molecular weight is 279 g/mol. The highest BCUT2D eigenvalue weighted by Gasteiger charge is 2.23. The number of morpholine rings is 1. The van der Waals surface area contributed by atoms with Gasteiger partial charge in [0.1, 0.15) is 0 Å². The molecule has 2 heterocycles. The van der Waals surface area contributed by atoms with Crippen LogP contribution in [0.2, 0.25) is 0 Å². The Balaban J connectivity index is 1.95. The molecule has 0 radical (unpaired) electrons. The molecule has 0 bridgehead atoms. The summed E-state index contributed by atoms with van der Waals surface area (Å²) in [7, 11) is 0. The summed E-state index contributed by atoms with van der Waals surface area (Å²) < 4.78 is 5.28. The van der Waals surface area contributed by atoms with Gasteiger partial charge in [0.2, 0.25) is 0 Å². The van der Waals surface area contributed by atoms with Crippen LogP contribution >= 0.6 is 0 Å². The number of carboxylic acid groups (broad SMARTS) is 1.